The summed E-state index contributed by atoms with van der Waals surface area (Å²) in [6, 6.07) is 6.30. The molecule has 2 rings (SSSR count). The lowest BCUT2D eigenvalue weighted by molar-refractivity contribution is -0.136. The second kappa shape index (κ2) is 7.31. The Morgan fingerprint density at radius 2 is 2.09 bits per heavy atom. The molecule has 118 valence electrons. The number of benzene rings is 1. The molecule has 1 fully saturated rings. The van der Waals surface area contributed by atoms with Gasteiger partial charge in [0.25, 0.3) is 0 Å². The largest absolute Gasteiger partial charge is 0.481 e. The van der Waals surface area contributed by atoms with Crippen LogP contribution in [0.15, 0.2) is 24.3 Å². The average molecular weight is 322 g/mol. The first-order chi connectivity index (χ1) is 10.5. The molecule has 1 aliphatic rings. The number of para-hydroxylation sites is 1. The van der Waals surface area contributed by atoms with E-state index in [1.807, 2.05) is 0 Å². The van der Waals surface area contributed by atoms with Gasteiger partial charge in [0, 0.05) is 17.9 Å². The number of carboxylic acids is 1. The quantitative estimate of drug-likeness (QED) is 0.859. The molecule has 1 saturated heterocycles. The summed E-state index contributed by atoms with van der Waals surface area (Å²) in [5.41, 5.74) is 1.03. The summed E-state index contributed by atoms with van der Waals surface area (Å²) in [4.78, 5) is 36.7. The Kier molecular flexibility index (Phi) is 5.43. The molecule has 1 aromatic carbocycles. The number of nitrogens with zero attached hydrogens (tertiary/aromatic N) is 1. The highest BCUT2D eigenvalue weighted by Crippen LogP contribution is 2.24. The maximum Gasteiger partial charge on any atom is 0.307 e. The van der Waals surface area contributed by atoms with E-state index in [9.17, 15) is 14.4 Å². The molecule has 7 heteroatoms. The van der Waals surface area contributed by atoms with Crippen molar-refractivity contribution in [1.29, 1.82) is 0 Å². The molecular weight excluding hydrogens is 304 g/mol. The summed E-state index contributed by atoms with van der Waals surface area (Å²) in [5.74, 6) is -0.213. The van der Waals surface area contributed by atoms with Gasteiger partial charge in [-0.15, -0.1) is 11.8 Å². The maximum atomic E-state index is 12.4. The van der Waals surface area contributed by atoms with Gasteiger partial charge in [0.15, 0.2) is 0 Å². The highest BCUT2D eigenvalue weighted by molar-refractivity contribution is 7.99. The Morgan fingerprint density at radius 3 is 2.77 bits per heavy atom. The van der Waals surface area contributed by atoms with Crippen molar-refractivity contribution in [2.75, 3.05) is 16.9 Å². The Hall–Kier alpha value is -2.02. The van der Waals surface area contributed by atoms with Crippen LogP contribution in [0.25, 0.3) is 0 Å². The first kappa shape index (κ1) is 16.4. The molecule has 6 nitrogen and oxygen atoms in total. The normalized spacial score (nSPS) is 17.3. The van der Waals surface area contributed by atoms with Crippen molar-refractivity contribution >= 4 is 35.2 Å². The number of nitrogens with one attached hydrogen (secondary N) is 1. The number of aliphatic carboxylic acids is 1. The number of carbonyl (C=O) groups is 3. The molecule has 2 N–H and O–H groups in total. The van der Waals surface area contributed by atoms with Gasteiger partial charge in [-0.1, -0.05) is 25.1 Å². The van der Waals surface area contributed by atoms with Crippen LogP contribution in [0.3, 0.4) is 0 Å². The van der Waals surface area contributed by atoms with Crippen molar-refractivity contribution in [1.82, 2.24) is 4.90 Å². The monoisotopic (exact) mass is 322 g/mol. The van der Waals surface area contributed by atoms with Crippen LogP contribution >= 0.6 is 11.8 Å². The number of hydrogen-bond donors (Lipinski definition) is 2. The predicted molar refractivity (Wildman–Crippen MR) is 84.7 cm³/mol. The standard InChI is InChI=1S/C15H18N2O4S/c1-2-13(18)17-9-22-8-12(17)15(21)16-11-6-4-3-5-10(11)7-14(19)20/h3-6,12H,2,7-9H2,1H3,(H,16,21)(H,19,20). The van der Waals surface area contributed by atoms with Crippen molar-refractivity contribution < 1.29 is 19.5 Å². The molecule has 1 aliphatic heterocycles. The minimum Gasteiger partial charge on any atom is -0.481 e. The number of thioether (sulfide) groups is 1. The van der Waals surface area contributed by atoms with E-state index < -0.39 is 12.0 Å². The molecule has 1 aromatic rings. The van der Waals surface area contributed by atoms with Gasteiger partial charge in [-0.2, -0.15) is 0 Å². The molecular formula is C15H18N2O4S. The van der Waals surface area contributed by atoms with Crippen molar-refractivity contribution in [3.8, 4) is 0 Å². The third-order valence-corrected chi connectivity index (χ3v) is 4.44. The highest BCUT2D eigenvalue weighted by Gasteiger charge is 2.34. The third kappa shape index (κ3) is 3.79. The fraction of sp³-hybridized carbons (Fsp3) is 0.400. The van der Waals surface area contributed by atoms with Gasteiger partial charge in [-0.25, -0.2) is 0 Å². The molecule has 0 aromatic heterocycles. The van der Waals surface area contributed by atoms with Gasteiger partial charge in [0.05, 0.1) is 12.3 Å². The number of carboxylic acid groups (broad SMARTS) is 1. The summed E-state index contributed by atoms with van der Waals surface area (Å²) in [6.45, 7) is 1.77. The Balaban J connectivity index is 2.12. The minimum atomic E-state index is -0.957. The minimum absolute atomic E-state index is 0.0519. The van der Waals surface area contributed by atoms with Crippen LogP contribution in [-0.4, -0.2) is 45.5 Å². The fourth-order valence-electron chi connectivity index (χ4n) is 2.28. The van der Waals surface area contributed by atoms with Crippen LogP contribution in [-0.2, 0) is 20.8 Å². The number of amides is 2. The van der Waals surface area contributed by atoms with E-state index in [0.29, 0.717) is 29.3 Å². The lowest BCUT2D eigenvalue weighted by Gasteiger charge is -2.23. The third-order valence-electron chi connectivity index (χ3n) is 3.42. The number of hydrogen-bond acceptors (Lipinski definition) is 4. The zero-order valence-corrected chi connectivity index (χ0v) is 13.1. The molecule has 0 radical (unpaired) electrons. The average Bonchev–Trinajstić information content (AvgIpc) is 2.97. The molecule has 0 bridgehead atoms. The number of rotatable bonds is 5. The van der Waals surface area contributed by atoms with Crippen LogP contribution < -0.4 is 5.32 Å². The van der Waals surface area contributed by atoms with E-state index >= 15 is 0 Å². The van der Waals surface area contributed by atoms with Gasteiger partial charge in [-0.3, -0.25) is 14.4 Å². The van der Waals surface area contributed by atoms with E-state index in [2.05, 4.69) is 5.32 Å². The Morgan fingerprint density at radius 1 is 1.36 bits per heavy atom. The lowest BCUT2D eigenvalue weighted by Crippen LogP contribution is -2.44. The van der Waals surface area contributed by atoms with Crippen LogP contribution in [0.1, 0.15) is 18.9 Å². The molecule has 0 aliphatic carbocycles. The van der Waals surface area contributed by atoms with E-state index in [0.717, 1.165) is 0 Å². The highest BCUT2D eigenvalue weighted by atomic mass is 32.2. The van der Waals surface area contributed by atoms with E-state index in [4.69, 9.17) is 5.11 Å². The molecule has 2 amide bonds. The van der Waals surface area contributed by atoms with Crippen LogP contribution in [0.2, 0.25) is 0 Å². The van der Waals surface area contributed by atoms with Crippen molar-refractivity contribution in [2.45, 2.75) is 25.8 Å². The van der Waals surface area contributed by atoms with Crippen LogP contribution in [0, 0.1) is 0 Å². The van der Waals surface area contributed by atoms with Gasteiger partial charge in [-0.05, 0) is 11.6 Å². The Bertz CT molecular complexity index is 591. The van der Waals surface area contributed by atoms with Crippen molar-refractivity contribution in [3.63, 3.8) is 0 Å². The molecule has 0 saturated carbocycles. The number of anilines is 1. The number of carbonyl (C=O) groups excluding carboxylic acids is 2. The topological polar surface area (TPSA) is 86.7 Å². The fourth-order valence-corrected chi connectivity index (χ4v) is 3.46. The van der Waals surface area contributed by atoms with E-state index in [1.165, 1.54) is 11.8 Å². The predicted octanol–water partition coefficient (Wildman–Crippen LogP) is 1.56. The van der Waals surface area contributed by atoms with Crippen LogP contribution in [0.4, 0.5) is 5.69 Å². The molecule has 1 heterocycles. The van der Waals surface area contributed by atoms with Crippen molar-refractivity contribution in [3.05, 3.63) is 29.8 Å². The summed E-state index contributed by atoms with van der Waals surface area (Å²) in [5, 5.41) is 11.7. The first-order valence-electron chi connectivity index (χ1n) is 7.00. The van der Waals surface area contributed by atoms with E-state index in [1.54, 1.807) is 36.1 Å². The summed E-state index contributed by atoms with van der Waals surface area (Å²) in [6.07, 6.45) is 0.202. The van der Waals surface area contributed by atoms with Gasteiger partial charge in [0.2, 0.25) is 11.8 Å². The van der Waals surface area contributed by atoms with Crippen LogP contribution in [0.5, 0.6) is 0 Å². The first-order valence-corrected chi connectivity index (χ1v) is 8.16. The Labute approximate surface area is 132 Å². The van der Waals surface area contributed by atoms with Crippen molar-refractivity contribution in [2.24, 2.45) is 0 Å². The molecule has 1 atom stereocenters. The SMILES string of the molecule is CCC(=O)N1CSCC1C(=O)Nc1ccccc1CC(=O)O. The van der Waals surface area contributed by atoms with E-state index in [-0.39, 0.29) is 18.2 Å². The summed E-state index contributed by atoms with van der Waals surface area (Å²) in [7, 11) is 0. The lowest BCUT2D eigenvalue weighted by atomic mass is 10.1. The second-order valence-corrected chi connectivity index (χ2v) is 5.95. The molecule has 22 heavy (non-hydrogen) atoms. The maximum absolute atomic E-state index is 12.4. The molecule has 1 unspecified atom stereocenters. The zero-order chi connectivity index (χ0) is 16.1. The van der Waals surface area contributed by atoms with Gasteiger partial charge in [0.1, 0.15) is 6.04 Å². The zero-order valence-electron chi connectivity index (χ0n) is 12.2. The second-order valence-electron chi connectivity index (χ2n) is 4.95. The van der Waals surface area contributed by atoms with Gasteiger partial charge >= 0.3 is 5.97 Å². The van der Waals surface area contributed by atoms with Gasteiger partial charge < -0.3 is 15.3 Å². The summed E-state index contributed by atoms with van der Waals surface area (Å²) < 4.78 is 0. The smallest absolute Gasteiger partial charge is 0.307 e. The summed E-state index contributed by atoms with van der Waals surface area (Å²) >= 11 is 1.54. The molecule has 0 spiro atoms.